The Balaban J connectivity index is 1.27. The first-order chi connectivity index (χ1) is 21.7. The van der Waals surface area contributed by atoms with Crippen molar-refractivity contribution in [3.05, 3.63) is 65.1 Å². The predicted molar refractivity (Wildman–Crippen MR) is 166 cm³/mol. The molecular formula is C33H40F3N3O5S. The van der Waals surface area contributed by atoms with E-state index < -0.39 is 34.9 Å². The number of halogens is 3. The van der Waals surface area contributed by atoms with Crippen molar-refractivity contribution >= 4 is 28.6 Å². The minimum Gasteiger partial charge on any atom is -0.497 e. The number of hydrogen-bond donors (Lipinski definition) is 2. The molecule has 1 aromatic heterocycles. The normalized spacial score (nSPS) is 18.2. The van der Waals surface area contributed by atoms with Crippen molar-refractivity contribution in [1.29, 1.82) is 0 Å². The second-order valence-corrected chi connectivity index (χ2v) is 13.1. The van der Waals surface area contributed by atoms with Gasteiger partial charge in [0.1, 0.15) is 11.6 Å². The Bertz CT molecular complexity index is 1480. The van der Waals surface area contributed by atoms with Crippen LogP contribution in [0.5, 0.6) is 5.75 Å². The van der Waals surface area contributed by atoms with Gasteiger partial charge in [-0.25, -0.2) is 13.2 Å². The average Bonchev–Trinajstić information content (AvgIpc) is 3.03. The van der Waals surface area contributed by atoms with Gasteiger partial charge < -0.3 is 24.6 Å². The number of benzene rings is 2. The molecule has 45 heavy (non-hydrogen) atoms. The number of carbonyl (C=O) groups is 1. The zero-order valence-corrected chi connectivity index (χ0v) is 26.3. The van der Waals surface area contributed by atoms with Gasteiger partial charge in [-0.3, -0.25) is 14.7 Å². The number of aliphatic carboxylic acids is 1. The van der Waals surface area contributed by atoms with Crippen LogP contribution >= 0.6 is 11.8 Å². The number of methoxy groups -OCH3 is 1. The summed E-state index contributed by atoms with van der Waals surface area (Å²) in [6.45, 7) is 5.36. The first-order valence-corrected chi connectivity index (χ1v) is 16.3. The number of likely N-dealkylation sites (tertiary alicyclic amines) is 1. The fraction of sp³-hybridized carbons (Fsp3) is 0.515. The van der Waals surface area contributed by atoms with Gasteiger partial charge in [0.2, 0.25) is 0 Å². The molecule has 1 atom stereocenters. The highest BCUT2D eigenvalue weighted by atomic mass is 32.2. The SMILES string of the molecule is COc1ccc2ncc(CN3CCOCC3)c(C(O)CCC3(CC(=O)O)CCN(CCSc4cc(F)cc(F)c4F)CC3)c2c1. The molecule has 0 radical (unpaired) electrons. The molecular weight excluding hydrogens is 607 g/mol. The van der Waals surface area contributed by atoms with Gasteiger partial charge in [-0.1, -0.05) is 0 Å². The number of rotatable bonds is 13. The molecule has 2 aliphatic rings. The molecule has 1 unspecified atom stereocenters. The highest BCUT2D eigenvalue weighted by Gasteiger charge is 2.37. The molecule has 2 aliphatic heterocycles. The van der Waals surface area contributed by atoms with Gasteiger partial charge in [0.15, 0.2) is 11.6 Å². The Hall–Kier alpha value is -2.90. The van der Waals surface area contributed by atoms with Crippen molar-refractivity contribution in [1.82, 2.24) is 14.8 Å². The number of aliphatic hydroxyl groups excluding tert-OH is 1. The lowest BCUT2D eigenvalue weighted by atomic mass is 9.71. The van der Waals surface area contributed by atoms with E-state index in [0.29, 0.717) is 82.6 Å². The number of nitrogens with zero attached hydrogens (tertiary/aromatic N) is 3. The van der Waals surface area contributed by atoms with E-state index in [0.717, 1.165) is 52.9 Å². The number of fused-ring (bicyclic) bond motifs is 1. The largest absolute Gasteiger partial charge is 0.497 e. The Kier molecular flexibility index (Phi) is 11.2. The van der Waals surface area contributed by atoms with E-state index in [1.54, 1.807) is 7.11 Å². The highest BCUT2D eigenvalue weighted by Crippen LogP contribution is 2.43. The fourth-order valence-corrected chi connectivity index (χ4v) is 7.47. The maximum Gasteiger partial charge on any atom is 0.303 e. The number of thioether (sulfide) groups is 1. The van der Waals surface area contributed by atoms with Crippen LogP contribution < -0.4 is 4.74 Å². The molecule has 2 fully saturated rings. The zero-order valence-electron chi connectivity index (χ0n) is 25.4. The van der Waals surface area contributed by atoms with Gasteiger partial charge in [0, 0.05) is 54.5 Å². The van der Waals surface area contributed by atoms with Crippen LogP contribution in [0.4, 0.5) is 13.2 Å². The lowest BCUT2D eigenvalue weighted by Crippen LogP contribution is -2.42. The van der Waals surface area contributed by atoms with Crippen molar-refractivity contribution in [2.75, 3.05) is 58.8 Å². The number of ether oxygens (including phenoxy) is 2. The summed E-state index contributed by atoms with van der Waals surface area (Å²) in [7, 11) is 1.60. The third-order valence-electron chi connectivity index (χ3n) is 9.05. The second kappa shape index (κ2) is 15.1. The summed E-state index contributed by atoms with van der Waals surface area (Å²) < 4.78 is 52.1. The van der Waals surface area contributed by atoms with Crippen molar-refractivity contribution in [2.45, 2.75) is 49.6 Å². The van der Waals surface area contributed by atoms with Crippen molar-refractivity contribution in [3.63, 3.8) is 0 Å². The molecule has 8 nitrogen and oxygen atoms in total. The minimum absolute atomic E-state index is 0.00163. The van der Waals surface area contributed by atoms with E-state index in [2.05, 4.69) is 14.8 Å². The summed E-state index contributed by atoms with van der Waals surface area (Å²) in [6.07, 6.45) is 3.18. The predicted octanol–water partition coefficient (Wildman–Crippen LogP) is 5.66. The lowest BCUT2D eigenvalue weighted by Gasteiger charge is -2.41. The first-order valence-electron chi connectivity index (χ1n) is 15.3. The van der Waals surface area contributed by atoms with Crippen LogP contribution in [0.2, 0.25) is 0 Å². The molecule has 2 saturated heterocycles. The van der Waals surface area contributed by atoms with Crippen molar-refractivity contribution < 1.29 is 37.7 Å². The van der Waals surface area contributed by atoms with Gasteiger partial charge in [-0.2, -0.15) is 0 Å². The highest BCUT2D eigenvalue weighted by molar-refractivity contribution is 7.99. The molecule has 12 heteroatoms. The van der Waals surface area contributed by atoms with E-state index in [4.69, 9.17) is 9.47 Å². The molecule has 2 aromatic carbocycles. The standard InChI is InChI=1S/C33H40F3N3O5S/c1-43-24-2-3-27-25(18-24)31(22(20-37-27)21-39-10-13-44-14-11-39)28(40)4-5-33(19-30(41)42)6-8-38(9-7-33)12-15-45-29-17-23(34)16-26(35)32(29)36/h2-3,16-18,20,28,40H,4-15,19,21H2,1H3,(H,41,42). The lowest BCUT2D eigenvalue weighted by molar-refractivity contribution is -0.141. The summed E-state index contributed by atoms with van der Waals surface area (Å²) in [5.74, 6) is -2.84. The van der Waals surface area contributed by atoms with Gasteiger partial charge in [-0.15, -0.1) is 11.8 Å². The van der Waals surface area contributed by atoms with Gasteiger partial charge in [0.05, 0.1) is 38.4 Å². The minimum atomic E-state index is -1.21. The molecule has 2 N–H and O–H groups in total. The number of carboxylic acids is 1. The Morgan fingerprint density at radius 2 is 1.87 bits per heavy atom. The van der Waals surface area contributed by atoms with E-state index in [1.165, 1.54) is 0 Å². The van der Waals surface area contributed by atoms with E-state index in [-0.39, 0.29) is 11.3 Å². The van der Waals surface area contributed by atoms with Crippen LogP contribution in [0.3, 0.4) is 0 Å². The first kappa shape index (κ1) is 33.5. The summed E-state index contributed by atoms with van der Waals surface area (Å²) in [5.41, 5.74) is 1.99. The zero-order chi connectivity index (χ0) is 32.0. The molecule has 3 aromatic rings. The molecule has 0 saturated carbocycles. The molecule has 5 rings (SSSR count). The quantitative estimate of drug-likeness (QED) is 0.180. The molecule has 0 bridgehead atoms. The number of aliphatic hydroxyl groups is 1. The van der Waals surface area contributed by atoms with Crippen LogP contribution in [0.25, 0.3) is 10.9 Å². The third kappa shape index (κ3) is 8.48. The third-order valence-corrected chi connectivity index (χ3v) is 10.0. The fourth-order valence-electron chi connectivity index (χ4n) is 6.48. The van der Waals surface area contributed by atoms with E-state index in [9.17, 15) is 28.2 Å². The molecule has 0 spiro atoms. The monoisotopic (exact) mass is 647 g/mol. The van der Waals surface area contributed by atoms with Gasteiger partial charge >= 0.3 is 5.97 Å². The van der Waals surface area contributed by atoms with E-state index in [1.807, 2.05) is 24.4 Å². The topological polar surface area (TPSA) is 95.4 Å². The Morgan fingerprint density at radius 3 is 2.58 bits per heavy atom. The Labute approximate surface area is 265 Å². The number of pyridine rings is 1. The maximum absolute atomic E-state index is 14.0. The van der Waals surface area contributed by atoms with E-state index >= 15 is 0 Å². The summed E-state index contributed by atoms with van der Waals surface area (Å²) in [6, 6.07) is 7.15. The Morgan fingerprint density at radius 1 is 1.11 bits per heavy atom. The van der Waals surface area contributed by atoms with Crippen LogP contribution in [0, 0.1) is 22.9 Å². The number of aromatic nitrogens is 1. The van der Waals surface area contributed by atoms with Crippen LogP contribution in [0.1, 0.15) is 49.3 Å². The molecule has 3 heterocycles. The van der Waals surface area contributed by atoms with Gasteiger partial charge in [0.25, 0.3) is 0 Å². The molecule has 244 valence electrons. The summed E-state index contributed by atoms with van der Waals surface area (Å²) in [5, 5.41) is 22.4. The number of carboxylic acid groups (broad SMARTS) is 1. The number of hydrogen-bond acceptors (Lipinski definition) is 8. The average molecular weight is 648 g/mol. The molecule has 0 aliphatic carbocycles. The summed E-state index contributed by atoms with van der Waals surface area (Å²) >= 11 is 1.06. The number of morpholine rings is 1. The van der Waals surface area contributed by atoms with Crippen LogP contribution in [0.15, 0.2) is 41.4 Å². The van der Waals surface area contributed by atoms with Crippen molar-refractivity contribution in [3.8, 4) is 5.75 Å². The maximum atomic E-state index is 14.0. The number of piperidine rings is 1. The second-order valence-electron chi connectivity index (χ2n) is 12.0. The summed E-state index contributed by atoms with van der Waals surface area (Å²) in [4.78, 5) is 21.0. The van der Waals surface area contributed by atoms with Crippen molar-refractivity contribution in [2.24, 2.45) is 5.41 Å². The van der Waals surface area contributed by atoms with Gasteiger partial charge in [-0.05, 0) is 79.6 Å². The molecule has 0 amide bonds. The van der Waals surface area contributed by atoms with Crippen LogP contribution in [-0.4, -0.2) is 89.8 Å². The smallest absolute Gasteiger partial charge is 0.303 e. The van der Waals surface area contributed by atoms with Crippen LogP contribution in [-0.2, 0) is 16.1 Å².